The second-order valence-electron chi connectivity index (χ2n) is 6.76. The molecule has 152 valence electrons. The van der Waals surface area contributed by atoms with Gasteiger partial charge in [0, 0.05) is 13.1 Å². The van der Waals surface area contributed by atoms with Crippen LogP contribution in [0.5, 0.6) is 0 Å². The molecular formula is C18H16F3N5O2S. The normalized spacial score (nSPS) is 16.8. The van der Waals surface area contributed by atoms with E-state index in [1.165, 1.54) is 34.7 Å². The zero-order chi connectivity index (χ0) is 20.6. The van der Waals surface area contributed by atoms with Gasteiger partial charge in [-0.1, -0.05) is 23.5 Å². The lowest BCUT2D eigenvalue weighted by molar-refractivity contribution is -0.137. The SMILES string of the molecule is O=C(Nc1nc2cncnc2s1)N1CCC(O)(c2cccc(C(F)(F)F)c2)CC1. The molecule has 4 rings (SSSR count). The van der Waals surface area contributed by atoms with Crippen molar-refractivity contribution in [3.63, 3.8) is 0 Å². The predicted octanol–water partition coefficient (Wildman–Crippen LogP) is 3.62. The van der Waals surface area contributed by atoms with E-state index in [0.717, 1.165) is 12.1 Å². The highest BCUT2D eigenvalue weighted by molar-refractivity contribution is 7.21. The predicted molar refractivity (Wildman–Crippen MR) is 100 cm³/mol. The Balaban J connectivity index is 1.42. The fourth-order valence-corrected chi connectivity index (χ4v) is 4.04. The van der Waals surface area contributed by atoms with Crippen LogP contribution in [0.15, 0.2) is 36.8 Å². The Hall–Kier alpha value is -2.79. The van der Waals surface area contributed by atoms with Crippen LogP contribution < -0.4 is 5.32 Å². The molecule has 2 N–H and O–H groups in total. The number of thiazole rings is 1. The van der Waals surface area contributed by atoms with Crippen LogP contribution in [-0.2, 0) is 11.8 Å². The average molecular weight is 423 g/mol. The fraction of sp³-hybridized carbons (Fsp3) is 0.333. The van der Waals surface area contributed by atoms with E-state index in [0.29, 0.717) is 15.5 Å². The lowest BCUT2D eigenvalue weighted by Crippen LogP contribution is -2.46. The highest BCUT2D eigenvalue weighted by Gasteiger charge is 2.38. The summed E-state index contributed by atoms with van der Waals surface area (Å²) in [5.74, 6) is 0. The molecular weight excluding hydrogens is 407 g/mol. The summed E-state index contributed by atoms with van der Waals surface area (Å²) in [5.41, 5.74) is -1.44. The van der Waals surface area contributed by atoms with Gasteiger partial charge in [0.15, 0.2) is 5.13 Å². The molecule has 3 heterocycles. The van der Waals surface area contributed by atoms with Crippen molar-refractivity contribution >= 4 is 32.8 Å². The van der Waals surface area contributed by atoms with Crippen molar-refractivity contribution in [1.29, 1.82) is 0 Å². The number of aliphatic hydroxyl groups is 1. The number of nitrogens with zero attached hydrogens (tertiary/aromatic N) is 4. The van der Waals surface area contributed by atoms with Crippen molar-refractivity contribution < 1.29 is 23.1 Å². The quantitative estimate of drug-likeness (QED) is 0.657. The molecule has 0 spiro atoms. The first kappa shape index (κ1) is 19.5. The van der Waals surface area contributed by atoms with Crippen LogP contribution in [0.4, 0.5) is 23.1 Å². The van der Waals surface area contributed by atoms with Gasteiger partial charge in [0.1, 0.15) is 16.7 Å². The molecule has 0 radical (unpaired) electrons. The van der Waals surface area contributed by atoms with Gasteiger partial charge >= 0.3 is 12.2 Å². The molecule has 11 heteroatoms. The van der Waals surface area contributed by atoms with Crippen LogP contribution in [0.1, 0.15) is 24.0 Å². The number of anilines is 1. The monoisotopic (exact) mass is 423 g/mol. The molecule has 0 atom stereocenters. The number of hydrogen-bond acceptors (Lipinski definition) is 6. The molecule has 2 aromatic heterocycles. The molecule has 1 aromatic carbocycles. The lowest BCUT2D eigenvalue weighted by atomic mass is 9.84. The first-order valence-electron chi connectivity index (χ1n) is 8.77. The van der Waals surface area contributed by atoms with Crippen molar-refractivity contribution in [2.45, 2.75) is 24.6 Å². The zero-order valence-corrected chi connectivity index (χ0v) is 15.8. The average Bonchev–Trinajstić information content (AvgIpc) is 3.10. The van der Waals surface area contributed by atoms with Gasteiger partial charge in [0.25, 0.3) is 0 Å². The molecule has 2 amide bonds. The Bertz CT molecular complexity index is 1010. The summed E-state index contributed by atoms with van der Waals surface area (Å²) < 4.78 is 38.9. The summed E-state index contributed by atoms with van der Waals surface area (Å²) in [7, 11) is 0. The van der Waals surface area contributed by atoms with E-state index in [4.69, 9.17) is 0 Å². The van der Waals surface area contributed by atoms with Crippen molar-refractivity contribution in [2.24, 2.45) is 0 Å². The van der Waals surface area contributed by atoms with Crippen LogP contribution in [0.25, 0.3) is 10.3 Å². The molecule has 7 nitrogen and oxygen atoms in total. The molecule has 1 aliphatic heterocycles. The highest BCUT2D eigenvalue weighted by Crippen LogP contribution is 2.37. The van der Waals surface area contributed by atoms with Gasteiger partial charge in [-0.05, 0) is 30.5 Å². The number of benzene rings is 1. The first-order valence-corrected chi connectivity index (χ1v) is 9.59. The molecule has 0 saturated carbocycles. The Kier molecular flexibility index (Phi) is 4.87. The van der Waals surface area contributed by atoms with Gasteiger partial charge in [0.2, 0.25) is 0 Å². The zero-order valence-electron chi connectivity index (χ0n) is 15.0. The van der Waals surface area contributed by atoms with E-state index in [1.807, 2.05) is 0 Å². The van der Waals surface area contributed by atoms with Gasteiger partial charge in [-0.3, -0.25) is 5.32 Å². The van der Waals surface area contributed by atoms with E-state index < -0.39 is 17.3 Å². The van der Waals surface area contributed by atoms with Gasteiger partial charge in [-0.25, -0.2) is 19.7 Å². The van der Waals surface area contributed by atoms with Crippen molar-refractivity contribution in [3.05, 3.63) is 47.9 Å². The van der Waals surface area contributed by atoms with E-state index in [2.05, 4.69) is 20.3 Å². The number of carbonyl (C=O) groups excluding carboxylic acids is 1. The number of fused-ring (bicyclic) bond motifs is 1. The molecule has 0 bridgehead atoms. The molecule has 0 unspecified atom stereocenters. The minimum absolute atomic E-state index is 0.132. The Morgan fingerprint density at radius 1 is 1.28 bits per heavy atom. The number of carbonyl (C=O) groups is 1. The van der Waals surface area contributed by atoms with Gasteiger partial charge in [-0.2, -0.15) is 13.2 Å². The van der Waals surface area contributed by atoms with Crippen LogP contribution in [0.2, 0.25) is 0 Å². The van der Waals surface area contributed by atoms with Crippen LogP contribution >= 0.6 is 11.3 Å². The summed E-state index contributed by atoms with van der Waals surface area (Å²) >= 11 is 1.21. The number of nitrogens with one attached hydrogen (secondary N) is 1. The topological polar surface area (TPSA) is 91.2 Å². The van der Waals surface area contributed by atoms with Crippen LogP contribution in [0, 0.1) is 0 Å². The number of halogens is 3. The van der Waals surface area contributed by atoms with Crippen molar-refractivity contribution in [1.82, 2.24) is 19.9 Å². The second-order valence-corrected chi connectivity index (χ2v) is 7.74. The van der Waals surface area contributed by atoms with Gasteiger partial charge in [-0.15, -0.1) is 0 Å². The molecule has 3 aromatic rings. The molecule has 1 fully saturated rings. The third-order valence-electron chi connectivity index (χ3n) is 4.89. The van der Waals surface area contributed by atoms with Gasteiger partial charge in [0.05, 0.1) is 17.4 Å². The summed E-state index contributed by atoms with van der Waals surface area (Å²) in [6.07, 6.45) is -1.27. The first-order chi connectivity index (χ1) is 13.7. The number of piperidine rings is 1. The third-order valence-corrected chi connectivity index (χ3v) is 5.79. The molecule has 1 aliphatic rings. The maximum Gasteiger partial charge on any atom is 0.416 e. The Morgan fingerprint density at radius 3 is 2.72 bits per heavy atom. The Labute approximate surface area is 167 Å². The number of aromatic nitrogens is 3. The largest absolute Gasteiger partial charge is 0.416 e. The number of alkyl halides is 3. The number of rotatable bonds is 2. The fourth-order valence-electron chi connectivity index (χ4n) is 3.27. The maximum atomic E-state index is 13.0. The van der Waals surface area contributed by atoms with E-state index in [9.17, 15) is 23.1 Å². The minimum Gasteiger partial charge on any atom is -0.385 e. The summed E-state index contributed by atoms with van der Waals surface area (Å²) in [6, 6.07) is 4.32. The summed E-state index contributed by atoms with van der Waals surface area (Å²) in [5, 5.41) is 13.9. The third kappa shape index (κ3) is 4.01. The van der Waals surface area contributed by atoms with Crippen LogP contribution in [-0.4, -0.2) is 44.1 Å². The number of amides is 2. The van der Waals surface area contributed by atoms with E-state index >= 15 is 0 Å². The number of hydrogen-bond donors (Lipinski definition) is 2. The highest BCUT2D eigenvalue weighted by atomic mass is 32.1. The lowest BCUT2D eigenvalue weighted by Gasteiger charge is -2.38. The van der Waals surface area contributed by atoms with E-state index in [1.54, 1.807) is 6.20 Å². The molecule has 29 heavy (non-hydrogen) atoms. The van der Waals surface area contributed by atoms with Crippen molar-refractivity contribution in [3.8, 4) is 0 Å². The second kappa shape index (κ2) is 7.23. The summed E-state index contributed by atoms with van der Waals surface area (Å²) in [6.45, 7) is 0.395. The maximum absolute atomic E-state index is 13.0. The molecule has 1 saturated heterocycles. The van der Waals surface area contributed by atoms with Crippen molar-refractivity contribution in [2.75, 3.05) is 18.4 Å². The van der Waals surface area contributed by atoms with E-state index in [-0.39, 0.29) is 37.5 Å². The van der Waals surface area contributed by atoms with Gasteiger partial charge < -0.3 is 10.0 Å². The van der Waals surface area contributed by atoms with Crippen LogP contribution in [0.3, 0.4) is 0 Å². The Morgan fingerprint density at radius 2 is 2.03 bits per heavy atom. The minimum atomic E-state index is -4.48. The summed E-state index contributed by atoms with van der Waals surface area (Å²) in [4.78, 5) is 26.8. The smallest absolute Gasteiger partial charge is 0.385 e. The number of likely N-dealkylation sites (tertiary alicyclic amines) is 1. The standard InChI is InChI=1S/C18H16F3N5O2S/c19-18(20,21)12-3-1-2-11(8-12)17(28)4-6-26(7-5-17)16(27)25-15-24-13-9-22-10-23-14(13)29-15/h1-3,8-10,28H,4-7H2,(H,24,25,27). The number of urea groups is 1. The molecule has 0 aliphatic carbocycles.